The molecular formula is C4H9O2SU-. The Morgan fingerprint density at radius 1 is 1.50 bits per heavy atom. The van der Waals surface area contributed by atoms with E-state index in [1.54, 1.807) is 6.92 Å². The molecule has 0 aliphatic carbocycles. The third kappa shape index (κ3) is 10.1. The first-order chi connectivity index (χ1) is 3.06. The molecule has 2 nitrogen and oxygen atoms in total. The SMILES string of the molecule is CC[CH-]S(C)(=O)=O.[U]. The van der Waals surface area contributed by atoms with Crippen molar-refractivity contribution in [3.63, 3.8) is 0 Å². The Balaban J connectivity index is 0. The predicted molar refractivity (Wildman–Crippen MR) is 29.4 cm³/mol. The van der Waals surface area contributed by atoms with Gasteiger partial charge in [0.25, 0.3) is 0 Å². The van der Waals surface area contributed by atoms with Gasteiger partial charge in [-0.15, -0.1) is 0 Å². The molecule has 4 heteroatoms. The summed E-state index contributed by atoms with van der Waals surface area (Å²) in [6.07, 6.45) is 1.79. The Morgan fingerprint density at radius 3 is 1.88 bits per heavy atom. The topological polar surface area (TPSA) is 34.1 Å². The van der Waals surface area contributed by atoms with E-state index >= 15 is 0 Å². The second-order valence-corrected chi connectivity index (χ2v) is 3.40. The standard InChI is InChI=1S/C4H9O2S.U/c1-3-4-7(2,5)6;/h4H,3H2,1-2H3;/q-1;. The van der Waals surface area contributed by atoms with Gasteiger partial charge in [-0.05, 0) is 0 Å². The molecule has 0 unspecified atom stereocenters. The van der Waals surface area contributed by atoms with E-state index in [4.69, 9.17) is 0 Å². The van der Waals surface area contributed by atoms with Crippen molar-refractivity contribution < 1.29 is 39.5 Å². The second kappa shape index (κ2) is 4.84. The molecule has 0 aromatic rings. The molecule has 0 aromatic carbocycles. The van der Waals surface area contributed by atoms with Gasteiger partial charge in [0, 0.05) is 47.2 Å². The summed E-state index contributed by atoms with van der Waals surface area (Å²) in [7, 11) is -2.80. The first kappa shape index (κ1) is 11.8. The number of rotatable bonds is 2. The van der Waals surface area contributed by atoms with Crippen molar-refractivity contribution in [3.05, 3.63) is 5.75 Å². The van der Waals surface area contributed by atoms with Gasteiger partial charge >= 0.3 is 0 Å². The summed E-state index contributed by atoms with van der Waals surface area (Å²) in [5.41, 5.74) is 0. The fraction of sp³-hybridized carbons (Fsp3) is 0.750. The fourth-order valence-electron chi connectivity index (χ4n) is 0.303. The van der Waals surface area contributed by atoms with Crippen LogP contribution in [-0.2, 0) is 9.84 Å². The van der Waals surface area contributed by atoms with Crippen molar-refractivity contribution in [1.29, 1.82) is 0 Å². The molecule has 0 atom stereocenters. The normalized spacial score (nSPS) is 10.2. The average molecular weight is 359 g/mol. The van der Waals surface area contributed by atoms with Crippen LogP contribution in [0.3, 0.4) is 0 Å². The predicted octanol–water partition coefficient (Wildman–Crippen LogP) is 0.603. The van der Waals surface area contributed by atoms with E-state index in [2.05, 4.69) is 0 Å². The molecule has 0 spiro atoms. The van der Waals surface area contributed by atoms with Crippen LogP contribution >= 0.6 is 0 Å². The molecule has 0 aliphatic rings. The molecule has 0 saturated carbocycles. The fourth-order valence-corrected chi connectivity index (χ4v) is 0.908. The summed E-state index contributed by atoms with van der Waals surface area (Å²) in [4.78, 5) is 0. The quantitative estimate of drug-likeness (QED) is 0.677. The van der Waals surface area contributed by atoms with Crippen LogP contribution in [0.4, 0.5) is 0 Å². The molecular weight excluding hydrogens is 350 g/mol. The van der Waals surface area contributed by atoms with E-state index < -0.39 is 9.84 Å². The van der Waals surface area contributed by atoms with Crippen LogP contribution < -0.4 is 0 Å². The van der Waals surface area contributed by atoms with Gasteiger partial charge < -0.3 is 0 Å². The van der Waals surface area contributed by atoms with Crippen LogP contribution in [0.25, 0.3) is 0 Å². The van der Waals surface area contributed by atoms with E-state index in [-0.39, 0.29) is 31.1 Å². The smallest absolute Gasteiger partial charge is 0.0211 e. The number of hydrogen-bond acceptors (Lipinski definition) is 2. The molecule has 0 N–H and O–H groups in total. The van der Waals surface area contributed by atoms with E-state index in [1.165, 1.54) is 12.0 Å². The molecule has 0 rings (SSSR count). The Bertz CT molecular complexity index is 127. The maximum atomic E-state index is 10.2. The molecule has 0 aromatic heterocycles. The molecule has 0 heterocycles. The van der Waals surface area contributed by atoms with Crippen molar-refractivity contribution in [3.8, 4) is 0 Å². The number of hydrogen-bond donors (Lipinski definition) is 0. The molecule has 0 fully saturated rings. The van der Waals surface area contributed by atoms with Crippen molar-refractivity contribution in [2.24, 2.45) is 0 Å². The Kier molecular flexibility index (Phi) is 7.11. The van der Waals surface area contributed by atoms with E-state index in [0.29, 0.717) is 6.42 Å². The van der Waals surface area contributed by atoms with Gasteiger partial charge in [-0.3, -0.25) is 8.42 Å². The third-order valence-corrected chi connectivity index (χ3v) is 1.41. The van der Waals surface area contributed by atoms with Crippen molar-refractivity contribution in [1.82, 2.24) is 0 Å². The van der Waals surface area contributed by atoms with E-state index in [9.17, 15) is 8.42 Å². The van der Waals surface area contributed by atoms with Gasteiger partial charge in [-0.1, -0.05) is 6.92 Å². The molecule has 0 saturated heterocycles. The maximum absolute atomic E-state index is 10.2. The Morgan fingerprint density at radius 2 is 1.88 bits per heavy atom. The molecule has 48 valence electrons. The van der Waals surface area contributed by atoms with Gasteiger partial charge in [0.15, 0.2) is 0 Å². The van der Waals surface area contributed by atoms with Gasteiger partial charge in [-0.2, -0.15) is 6.42 Å². The molecule has 0 amide bonds. The summed E-state index contributed by atoms with van der Waals surface area (Å²) in [5.74, 6) is 1.28. The zero-order valence-electron chi connectivity index (χ0n) is 5.01. The van der Waals surface area contributed by atoms with Crippen LogP contribution in [0.15, 0.2) is 0 Å². The van der Waals surface area contributed by atoms with Crippen molar-refractivity contribution >= 4 is 9.84 Å². The van der Waals surface area contributed by atoms with E-state index in [1.807, 2.05) is 0 Å². The van der Waals surface area contributed by atoms with Crippen LogP contribution in [0.1, 0.15) is 13.3 Å². The Labute approximate surface area is 74.3 Å². The average Bonchev–Trinajstić information content (AvgIpc) is 1.30. The maximum Gasteiger partial charge on any atom is 0.0211 e. The molecule has 0 radical (unpaired) electrons. The van der Waals surface area contributed by atoms with Crippen LogP contribution in [0, 0.1) is 36.9 Å². The summed E-state index contributed by atoms with van der Waals surface area (Å²) in [6, 6.07) is 0. The zero-order chi connectivity index (χ0) is 5.91. The van der Waals surface area contributed by atoms with Crippen LogP contribution in [-0.4, -0.2) is 14.7 Å². The van der Waals surface area contributed by atoms with Gasteiger partial charge in [-0.25, -0.2) is 5.75 Å². The monoisotopic (exact) mass is 359 g/mol. The molecule has 8 heavy (non-hydrogen) atoms. The van der Waals surface area contributed by atoms with Gasteiger partial charge in [0.2, 0.25) is 0 Å². The molecule has 0 bridgehead atoms. The molecule has 0 aliphatic heterocycles. The summed E-state index contributed by atoms with van der Waals surface area (Å²) in [5, 5.41) is 0. The van der Waals surface area contributed by atoms with Gasteiger partial charge in [0.05, 0.1) is 0 Å². The number of sulfone groups is 1. The first-order valence-electron chi connectivity index (χ1n) is 2.09. The summed E-state index contributed by atoms with van der Waals surface area (Å²) >= 11 is 0. The van der Waals surface area contributed by atoms with E-state index in [0.717, 1.165) is 0 Å². The summed E-state index contributed by atoms with van der Waals surface area (Å²) < 4.78 is 20.4. The van der Waals surface area contributed by atoms with Crippen LogP contribution in [0.2, 0.25) is 0 Å². The Hall–Kier alpha value is 1.00. The first-order valence-corrected chi connectivity index (χ1v) is 4.05. The third-order valence-electron chi connectivity index (χ3n) is 0.469. The van der Waals surface area contributed by atoms with Crippen LogP contribution in [0.5, 0.6) is 0 Å². The van der Waals surface area contributed by atoms with Crippen molar-refractivity contribution in [2.75, 3.05) is 6.26 Å². The minimum absolute atomic E-state index is 0. The van der Waals surface area contributed by atoms with Crippen molar-refractivity contribution in [2.45, 2.75) is 13.3 Å². The second-order valence-electron chi connectivity index (χ2n) is 1.40. The zero-order valence-corrected chi connectivity index (χ0v) is 9.99. The van der Waals surface area contributed by atoms with Gasteiger partial charge in [0.1, 0.15) is 0 Å². The largest absolute Gasteiger partial charge is 0.263 e. The summed E-state index contributed by atoms with van der Waals surface area (Å²) in [6.45, 7) is 1.79. The minimum Gasteiger partial charge on any atom is -0.263 e. The minimum atomic E-state index is -2.80.